The lowest BCUT2D eigenvalue weighted by Gasteiger charge is -2.22. The van der Waals surface area contributed by atoms with Crippen molar-refractivity contribution in [2.45, 2.75) is 45.1 Å². The zero-order valence-electron chi connectivity index (χ0n) is 10.4. The second-order valence-corrected chi connectivity index (χ2v) is 5.01. The van der Waals surface area contributed by atoms with Crippen LogP contribution in [0.2, 0.25) is 0 Å². The van der Waals surface area contributed by atoms with Gasteiger partial charge in [-0.3, -0.25) is 0 Å². The number of hydrogen-bond acceptors (Lipinski definition) is 1. The molecule has 1 nitrogen and oxygen atoms in total. The Morgan fingerprint density at radius 1 is 1.19 bits per heavy atom. The Hall–Kier alpha value is -0.820. The van der Waals surface area contributed by atoms with E-state index in [9.17, 15) is 0 Å². The highest BCUT2D eigenvalue weighted by Gasteiger charge is 2.32. The highest BCUT2D eigenvalue weighted by molar-refractivity contribution is 5.22. The molecule has 0 bridgehead atoms. The number of nitrogens with one attached hydrogen (secondary N) is 1. The van der Waals surface area contributed by atoms with E-state index in [1.54, 1.807) is 0 Å². The van der Waals surface area contributed by atoms with Crippen LogP contribution >= 0.6 is 0 Å². The van der Waals surface area contributed by atoms with E-state index in [1.165, 1.54) is 24.8 Å². The van der Waals surface area contributed by atoms with Gasteiger partial charge in [0.2, 0.25) is 0 Å². The third kappa shape index (κ3) is 2.46. The van der Waals surface area contributed by atoms with Gasteiger partial charge in [-0.15, -0.1) is 0 Å². The Labute approximate surface area is 99.3 Å². The standard InChI is InChI=1S/C15H23N/c1-3-11-16-15-10-9-14(12(15)2)13-7-5-4-6-8-13/h4-8,12,14-16H,3,9-11H2,1-2H3. The molecule has 1 heteroatoms. The molecular formula is C15H23N. The molecule has 0 amide bonds. The van der Waals surface area contributed by atoms with Gasteiger partial charge in [0.05, 0.1) is 0 Å². The molecule has 1 aliphatic rings. The van der Waals surface area contributed by atoms with Crippen LogP contribution in [-0.4, -0.2) is 12.6 Å². The van der Waals surface area contributed by atoms with Crippen LogP contribution in [0.3, 0.4) is 0 Å². The first-order valence-electron chi connectivity index (χ1n) is 6.61. The van der Waals surface area contributed by atoms with E-state index in [1.807, 2.05) is 0 Å². The van der Waals surface area contributed by atoms with Gasteiger partial charge in [0.15, 0.2) is 0 Å². The lowest BCUT2D eigenvalue weighted by atomic mass is 9.89. The largest absolute Gasteiger partial charge is 0.314 e. The summed E-state index contributed by atoms with van der Waals surface area (Å²) in [6.07, 6.45) is 3.91. The molecule has 3 atom stereocenters. The van der Waals surface area contributed by atoms with Crippen LogP contribution in [0.5, 0.6) is 0 Å². The number of rotatable bonds is 4. The highest BCUT2D eigenvalue weighted by Crippen LogP contribution is 2.39. The van der Waals surface area contributed by atoms with Gasteiger partial charge in [-0.1, -0.05) is 44.2 Å². The first kappa shape index (κ1) is 11.7. The normalized spacial score (nSPS) is 29.5. The van der Waals surface area contributed by atoms with Crippen molar-refractivity contribution in [3.63, 3.8) is 0 Å². The molecular weight excluding hydrogens is 194 g/mol. The number of benzene rings is 1. The molecule has 0 saturated heterocycles. The van der Waals surface area contributed by atoms with E-state index in [0.717, 1.165) is 24.4 Å². The first-order valence-corrected chi connectivity index (χ1v) is 6.61. The molecule has 1 N–H and O–H groups in total. The molecule has 16 heavy (non-hydrogen) atoms. The smallest absolute Gasteiger partial charge is 0.00987 e. The van der Waals surface area contributed by atoms with Crippen molar-refractivity contribution in [2.75, 3.05) is 6.54 Å². The maximum atomic E-state index is 3.68. The molecule has 88 valence electrons. The zero-order valence-corrected chi connectivity index (χ0v) is 10.4. The van der Waals surface area contributed by atoms with Crippen LogP contribution in [0.1, 0.15) is 44.6 Å². The van der Waals surface area contributed by atoms with Crippen LogP contribution in [0.4, 0.5) is 0 Å². The number of hydrogen-bond donors (Lipinski definition) is 1. The summed E-state index contributed by atoms with van der Waals surface area (Å²) < 4.78 is 0. The summed E-state index contributed by atoms with van der Waals surface area (Å²) in [5.74, 6) is 1.53. The fourth-order valence-corrected chi connectivity index (χ4v) is 2.95. The summed E-state index contributed by atoms with van der Waals surface area (Å²) in [7, 11) is 0. The van der Waals surface area contributed by atoms with Gasteiger partial charge in [-0.05, 0) is 43.2 Å². The minimum absolute atomic E-state index is 0.727. The molecule has 1 saturated carbocycles. The van der Waals surface area contributed by atoms with Crippen molar-refractivity contribution >= 4 is 0 Å². The Bertz CT molecular complexity index is 306. The SMILES string of the molecule is CCCNC1CCC(c2ccccc2)C1C. The van der Waals surface area contributed by atoms with Crippen molar-refractivity contribution in [2.24, 2.45) is 5.92 Å². The second-order valence-electron chi connectivity index (χ2n) is 5.01. The van der Waals surface area contributed by atoms with Gasteiger partial charge in [0.25, 0.3) is 0 Å². The summed E-state index contributed by atoms with van der Waals surface area (Å²) in [5.41, 5.74) is 1.52. The average Bonchev–Trinajstić information content (AvgIpc) is 2.69. The van der Waals surface area contributed by atoms with Crippen molar-refractivity contribution in [1.29, 1.82) is 0 Å². The lowest BCUT2D eigenvalue weighted by Crippen LogP contribution is -2.32. The Kier molecular flexibility index (Phi) is 4.00. The van der Waals surface area contributed by atoms with E-state index in [0.29, 0.717) is 0 Å². The van der Waals surface area contributed by atoms with E-state index in [4.69, 9.17) is 0 Å². The van der Waals surface area contributed by atoms with Crippen molar-refractivity contribution < 1.29 is 0 Å². The van der Waals surface area contributed by atoms with E-state index in [2.05, 4.69) is 49.5 Å². The van der Waals surface area contributed by atoms with Gasteiger partial charge >= 0.3 is 0 Å². The van der Waals surface area contributed by atoms with Gasteiger partial charge in [-0.25, -0.2) is 0 Å². The van der Waals surface area contributed by atoms with Crippen LogP contribution in [0, 0.1) is 5.92 Å². The minimum Gasteiger partial charge on any atom is -0.314 e. The second kappa shape index (κ2) is 5.49. The van der Waals surface area contributed by atoms with E-state index >= 15 is 0 Å². The van der Waals surface area contributed by atoms with Crippen molar-refractivity contribution in [1.82, 2.24) is 5.32 Å². The molecule has 0 heterocycles. The third-order valence-corrected chi connectivity index (χ3v) is 3.94. The highest BCUT2D eigenvalue weighted by atomic mass is 14.9. The molecule has 1 aromatic rings. The Morgan fingerprint density at radius 2 is 1.94 bits per heavy atom. The molecule has 0 aromatic heterocycles. The third-order valence-electron chi connectivity index (χ3n) is 3.94. The maximum Gasteiger partial charge on any atom is 0.00987 e. The minimum atomic E-state index is 0.727. The van der Waals surface area contributed by atoms with Crippen LogP contribution in [0.25, 0.3) is 0 Å². The molecule has 1 aromatic carbocycles. The molecule has 3 unspecified atom stereocenters. The lowest BCUT2D eigenvalue weighted by molar-refractivity contribution is 0.405. The maximum absolute atomic E-state index is 3.68. The van der Waals surface area contributed by atoms with Crippen molar-refractivity contribution in [3.8, 4) is 0 Å². The van der Waals surface area contributed by atoms with Gasteiger partial charge in [0.1, 0.15) is 0 Å². The van der Waals surface area contributed by atoms with Crippen LogP contribution < -0.4 is 5.32 Å². The van der Waals surface area contributed by atoms with Gasteiger partial charge < -0.3 is 5.32 Å². The van der Waals surface area contributed by atoms with Gasteiger partial charge in [0, 0.05) is 6.04 Å². The topological polar surface area (TPSA) is 12.0 Å². The van der Waals surface area contributed by atoms with E-state index in [-0.39, 0.29) is 0 Å². The van der Waals surface area contributed by atoms with Gasteiger partial charge in [-0.2, -0.15) is 0 Å². The summed E-state index contributed by atoms with van der Waals surface area (Å²) in [4.78, 5) is 0. The fourth-order valence-electron chi connectivity index (χ4n) is 2.95. The van der Waals surface area contributed by atoms with Crippen molar-refractivity contribution in [3.05, 3.63) is 35.9 Å². The predicted octanol–water partition coefficient (Wildman–Crippen LogP) is 3.57. The molecule has 1 aliphatic carbocycles. The van der Waals surface area contributed by atoms with E-state index < -0.39 is 0 Å². The first-order chi connectivity index (χ1) is 7.83. The molecule has 0 aliphatic heterocycles. The fraction of sp³-hybridized carbons (Fsp3) is 0.600. The summed E-state index contributed by atoms with van der Waals surface area (Å²) in [6, 6.07) is 11.7. The van der Waals surface area contributed by atoms with Crippen LogP contribution in [0.15, 0.2) is 30.3 Å². The summed E-state index contributed by atoms with van der Waals surface area (Å²) >= 11 is 0. The average molecular weight is 217 g/mol. The zero-order chi connectivity index (χ0) is 11.4. The quantitative estimate of drug-likeness (QED) is 0.813. The predicted molar refractivity (Wildman–Crippen MR) is 69.7 cm³/mol. The monoisotopic (exact) mass is 217 g/mol. The molecule has 0 radical (unpaired) electrons. The molecule has 1 fully saturated rings. The Balaban J connectivity index is 1.99. The molecule has 2 rings (SSSR count). The molecule has 0 spiro atoms. The summed E-state index contributed by atoms with van der Waals surface area (Å²) in [6.45, 7) is 5.80. The Morgan fingerprint density at radius 3 is 2.62 bits per heavy atom. The summed E-state index contributed by atoms with van der Waals surface area (Å²) in [5, 5.41) is 3.68. The van der Waals surface area contributed by atoms with Crippen LogP contribution in [-0.2, 0) is 0 Å².